The van der Waals surface area contributed by atoms with Gasteiger partial charge >= 0.3 is 0 Å². The highest BCUT2D eigenvalue weighted by Crippen LogP contribution is 2.12. The molecular weight excluding hydrogens is 206 g/mol. The largest absolute Gasteiger partial charge is 0.368 e. The quantitative estimate of drug-likeness (QED) is 0.772. The fourth-order valence-electron chi connectivity index (χ4n) is 1.14. The van der Waals surface area contributed by atoms with Gasteiger partial charge in [0.1, 0.15) is 5.69 Å². The summed E-state index contributed by atoms with van der Waals surface area (Å²) in [4.78, 5) is 25.9. The number of primary amides is 1. The molecule has 0 aromatic carbocycles. The molecule has 0 spiro atoms. The highest BCUT2D eigenvalue weighted by Gasteiger charge is 2.08. The van der Waals surface area contributed by atoms with Crippen molar-refractivity contribution in [2.75, 3.05) is 6.54 Å². The van der Waals surface area contributed by atoms with E-state index >= 15 is 0 Å². The van der Waals surface area contributed by atoms with Crippen molar-refractivity contribution in [3.8, 4) is 0 Å². The molecule has 5 heteroatoms. The molecule has 0 unspecified atom stereocenters. The van der Waals surface area contributed by atoms with E-state index in [-0.39, 0.29) is 12.2 Å². The summed E-state index contributed by atoms with van der Waals surface area (Å²) in [6.45, 7) is 3.92. The van der Waals surface area contributed by atoms with Crippen LogP contribution in [0.5, 0.6) is 0 Å². The minimum atomic E-state index is -0.577. The van der Waals surface area contributed by atoms with Crippen LogP contribution in [0.2, 0.25) is 0 Å². The second-order valence-corrected chi connectivity index (χ2v) is 3.78. The fraction of sp³-hybridized carbons (Fsp3) is 0.364. The summed E-state index contributed by atoms with van der Waals surface area (Å²) in [6.07, 6.45) is 1.66. The molecule has 1 aromatic rings. The Hall–Kier alpha value is -1.91. The average molecular weight is 221 g/mol. The number of pyridine rings is 1. The predicted octanol–water partition coefficient (Wildman–Crippen LogP) is 0.420. The smallest absolute Gasteiger partial charge is 0.270 e. The predicted molar refractivity (Wildman–Crippen MR) is 59.9 cm³/mol. The van der Waals surface area contributed by atoms with Crippen LogP contribution in [-0.4, -0.2) is 23.3 Å². The van der Waals surface area contributed by atoms with E-state index in [2.05, 4.69) is 10.3 Å². The molecule has 0 aliphatic heterocycles. The Morgan fingerprint density at radius 3 is 2.56 bits per heavy atom. The van der Waals surface area contributed by atoms with Crippen molar-refractivity contribution >= 4 is 11.8 Å². The number of carbonyl (C=O) groups excluding carboxylic acids is 2. The van der Waals surface area contributed by atoms with E-state index in [9.17, 15) is 9.59 Å². The molecule has 3 N–H and O–H groups in total. The summed E-state index contributed by atoms with van der Waals surface area (Å²) in [5.74, 6) is -0.600. The molecule has 0 saturated carbocycles. The van der Waals surface area contributed by atoms with E-state index in [0.717, 1.165) is 5.56 Å². The molecule has 86 valence electrons. The van der Waals surface area contributed by atoms with Crippen LogP contribution in [0.1, 0.15) is 35.8 Å². The van der Waals surface area contributed by atoms with Crippen molar-refractivity contribution in [3.63, 3.8) is 0 Å². The minimum Gasteiger partial charge on any atom is -0.368 e. The van der Waals surface area contributed by atoms with Crippen LogP contribution in [0, 0.1) is 0 Å². The first-order valence-electron chi connectivity index (χ1n) is 5.03. The Kier molecular flexibility index (Phi) is 3.99. The molecule has 16 heavy (non-hydrogen) atoms. The highest BCUT2D eigenvalue weighted by molar-refractivity contribution is 5.94. The van der Waals surface area contributed by atoms with E-state index in [1.54, 1.807) is 12.3 Å². The lowest BCUT2D eigenvalue weighted by atomic mass is 10.1. The summed E-state index contributed by atoms with van der Waals surface area (Å²) in [5.41, 5.74) is 6.25. The first kappa shape index (κ1) is 12.2. The van der Waals surface area contributed by atoms with Crippen LogP contribution in [0.3, 0.4) is 0 Å². The Labute approximate surface area is 94.1 Å². The SMILES string of the molecule is CC(C)c1ccc(C(=O)NCC(N)=O)nc1. The molecule has 2 amide bonds. The number of aromatic nitrogens is 1. The highest BCUT2D eigenvalue weighted by atomic mass is 16.2. The van der Waals surface area contributed by atoms with Gasteiger partial charge in [0.15, 0.2) is 0 Å². The van der Waals surface area contributed by atoms with Crippen molar-refractivity contribution in [1.29, 1.82) is 0 Å². The summed E-state index contributed by atoms with van der Waals surface area (Å²) >= 11 is 0. The monoisotopic (exact) mass is 221 g/mol. The van der Waals surface area contributed by atoms with Gasteiger partial charge in [-0.25, -0.2) is 0 Å². The number of hydrogen-bond acceptors (Lipinski definition) is 3. The van der Waals surface area contributed by atoms with Gasteiger partial charge in [-0.2, -0.15) is 0 Å². The fourth-order valence-corrected chi connectivity index (χ4v) is 1.14. The van der Waals surface area contributed by atoms with E-state index in [1.165, 1.54) is 0 Å². The van der Waals surface area contributed by atoms with Crippen LogP contribution >= 0.6 is 0 Å². The maximum atomic E-state index is 11.4. The van der Waals surface area contributed by atoms with Gasteiger partial charge in [0, 0.05) is 6.20 Å². The summed E-state index contributed by atoms with van der Waals surface area (Å²) in [5, 5.41) is 2.37. The van der Waals surface area contributed by atoms with E-state index in [0.29, 0.717) is 5.92 Å². The molecule has 0 radical (unpaired) electrons. The number of nitrogens with one attached hydrogen (secondary N) is 1. The zero-order chi connectivity index (χ0) is 12.1. The Morgan fingerprint density at radius 1 is 1.44 bits per heavy atom. The molecular formula is C11H15N3O2. The zero-order valence-corrected chi connectivity index (χ0v) is 9.36. The molecule has 1 rings (SSSR count). The third kappa shape index (κ3) is 3.34. The molecule has 0 saturated heterocycles. The van der Waals surface area contributed by atoms with Gasteiger partial charge in [-0.05, 0) is 17.5 Å². The molecule has 0 atom stereocenters. The second-order valence-electron chi connectivity index (χ2n) is 3.78. The first-order chi connectivity index (χ1) is 7.50. The lowest BCUT2D eigenvalue weighted by molar-refractivity contribution is -0.117. The van der Waals surface area contributed by atoms with Gasteiger partial charge in [0.25, 0.3) is 5.91 Å². The van der Waals surface area contributed by atoms with Gasteiger partial charge in [-0.1, -0.05) is 19.9 Å². The van der Waals surface area contributed by atoms with Crippen molar-refractivity contribution in [2.45, 2.75) is 19.8 Å². The van der Waals surface area contributed by atoms with Crippen LogP contribution < -0.4 is 11.1 Å². The normalized spacial score (nSPS) is 10.2. The zero-order valence-electron chi connectivity index (χ0n) is 9.36. The molecule has 0 fully saturated rings. The molecule has 0 bridgehead atoms. The molecule has 0 aliphatic carbocycles. The van der Waals surface area contributed by atoms with Gasteiger partial charge < -0.3 is 11.1 Å². The molecule has 5 nitrogen and oxygen atoms in total. The van der Waals surface area contributed by atoms with Gasteiger partial charge in [-0.15, -0.1) is 0 Å². The lowest BCUT2D eigenvalue weighted by Gasteiger charge is -2.06. The maximum absolute atomic E-state index is 11.4. The number of amides is 2. The number of nitrogens with two attached hydrogens (primary N) is 1. The van der Waals surface area contributed by atoms with Crippen LogP contribution in [0.25, 0.3) is 0 Å². The Bertz CT molecular complexity index is 385. The lowest BCUT2D eigenvalue weighted by Crippen LogP contribution is -2.33. The molecule has 0 aliphatic rings. The van der Waals surface area contributed by atoms with Crippen molar-refractivity contribution in [3.05, 3.63) is 29.6 Å². The van der Waals surface area contributed by atoms with Crippen LogP contribution in [0.15, 0.2) is 18.3 Å². The van der Waals surface area contributed by atoms with Crippen molar-refractivity contribution < 1.29 is 9.59 Å². The third-order valence-electron chi connectivity index (χ3n) is 2.11. The van der Waals surface area contributed by atoms with Crippen LogP contribution in [-0.2, 0) is 4.79 Å². The second kappa shape index (κ2) is 5.25. The van der Waals surface area contributed by atoms with E-state index < -0.39 is 11.8 Å². The van der Waals surface area contributed by atoms with Gasteiger partial charge in [0.2, 0.25) is 5.91 Å². The summed E-state index contributed by atoms with van der Waals surface area (Å²) in [7, 11) is 0. The van der Waals surface area contributed by atoms with Crippen molar-refractivity contribution in [2.24, 2.45) is 5.73 Å². The molecule has 1 aromatic heterocycles. The summed E-state index contributed by atoms with van der Waals surface area (Å²) in [6, 6.07) is 3.47. The van der Waals surface area contributed by atoms with Gasteiger partial charge in [-0.3, -0.25) is 14.6 Å². The number of hydrogen-bond donors (Lipinski definition) is 2. The first-order valence-corrected chi connectivity index (χ1v) is 5.03. The standard InChI is InChI=1S/C11H15N3O2/c1-7(2)8-3-4-9(13-5-8)11(16)14-6-10(12)15/h3-5,7H,6H2,1-2H3,(H2,12,15)(H,14,16). The molecule has 1 heterocycles. The van der Waals surface area contributed by atoms with E-state index in [1.807, 2.05) is 19.9 Å². The average Bonchev–Trinajstić information content (AvgIpc) is 2.26. The Balaban J connectivity index is 2.66. The number of carbonyl (C=O) groups is 2. The van der Waals surface area contributed by atoms with Gasteiger partial charge in [0.05, 0.1) is 6.54 Å². The number of rotatable bonds is 4. The number of nitrogens with zero attached hydrogens (tertiary/aromatic N) is 1. The van der Waals surface area contributed by atoms with Crippen molar-refractivity contribution in [1.82, 2.24) is 10.3 Å². The minimum absolute atomic E-state index is 0.174. The topological polar surface area (TPSA) is 85.1 Å². The third-order valence-corrected chi connectivity index (χ3v) is 2.11. The summed E-state index contributed by atoms with van der Waals surface area (Å²) < 4.78 is 0. The Morgan fingerprint density at radius 2 is 2.12 bits per heavy atom. The van der Waals surface area contributed by atoms with E-state index in [4.69, 9.17) is 5.73 Å². The van der Waals surface area contributed by atoms with Crippen LogP contribution in [0.4, 0.5) is 0 Å². The maximum Gasteiger partial charge on any atom is 0.270 e.